The number of aryl methyl sites for hydroxylation is 1. The van der Waals surface area contributed by atoms with Crippen LogP contribution < -0.4 is 5.73 Å². The van der Waals surface area contributed by atoms with E-state index in [1.165, 1.54) is 12.1 Å². The van der Waals surface area contributed by atoms with Crippen LogP contribution in [0.1, 0.15) is 24.9 Å². The van der Waals surface area contributed by atoms with Crippen molar-refractivity contribution >= 4 is 33.5 Å². The highest BCUT2D eigenvalue weighted by atomic mass is 79.9. The number of hydrogen-bond acceptors (Lipinski definition) is 4. The second kappa shape index (κ2) is 7.04. The van der Waals surface area contributed by atoms with Gasteiger partial charge in [-0.05, 0) is 46.6 Å². The van der Waals surface area contributed by atoms with Gasteiger partial charge in [-0.25, -0.2) is 14.4 Å². The fourth-order valence-corrected chi connectivity index (χ4v) is 2.84. The third kappa shape index (κ3) is 3.93. The summed E-state index contributed by atoms with van der Waals surface area (Å²) in [5.74, 6) is 1.55. The Hall–Kier alpha value is -1.14. The molecule has 0 saturated carbocycles. The van der Waals surface area contributed by atoms with Crippen LogP contribution in [0.4, 0.5) is 10.2 Å². The molecule has 1 heterocycles. The van der Waals surface area contributed by atoms with E-state index in [-0.39, 0.29) is 5.82 Å². The number of anilines is 1. The highest BCUT2D eigenvalue weighted by Crippen LogP contribution is 2.26. The monoisotopic (exact) mass is 355 g/mol. The number of nitrogen functional groups attached to an aromatic ring is 1. The third-order valence-corrected chi connectivity index (χ3v) is 4.53. The van der Waals surface area contributed by atoms with Crippen LogP contribution in [-0.2, 0) is 12.2 Å². The minimum absolute atomic E-state index is 0.233. The van der Waals surface area contributed by atoms with E-state index in [4.69, 9.17) is 5.73 Å². The molecule has 2 N–H and O–H groups in total. The number of benzene rings is 1. The number of thioether (sulfide) groups is 1. The molecule has 0 aliphatic heterocycles. The Labute approximate surface area is 130 Å². The van der Waals surface area contributed by atoms with Crippen molar-refractivity contribution in [3.63, 3.8) is 0 Å². The quantitative estimate of drug-likeness (QED) is 0.816. The first-order valence-corrected chi connectivity index (χ1v) is 8.07. The summed E-state index contributed by atoms with van der Waals surface area (Å²) in [6.45, 7) is 2.09. The van der Waals surface area contributed by atoms with Gasteiger partial charge in [-0.1, -0.05) is 13.3 Å². The Balaban J connectivity index is 2.11. The number of aromatic nitrogens is 2. The highest BCUT2D eigenvalue weighted by molar-refractivity contribution is 9.10. The van der Waals surface area contributed by atoms with Gasteiger partial charge in [0, 0.05) is 4.90 Å². The lowest BCUT2D eigenvalue weighted by Crippen LogP contribution is -2.04. The van der Waals surface area contributed by atoms with Gasteiger partial charge >= 0.3 is 0 Å². The van der Waals surface area contributed by atoms with E-state index in [0.717, 1.165) is 27.9 Å². The molecule has 0 saturated heterocycles. The lowest BCUT2D eigenvalue weighted by Gasteiger charge is -2.08. The van der Waals surface area contributed by atoms with Gasteiger partial charge in [-0.15, -0.1) is 11.8 Å². The van der Waals surface area contributed by atoms with Crippen molar-refractivity contribution in [3.8, 4) is 0 Å². The first kappa shape index (κ1) is 15.3. The number of nitrogens with zero attached hydrogens (tertiary/aromatic N) is 2. The van der Waals surface area contributed by atoms with E-state index in [2.05, 4.69) is 32.8 Å². The Morgan fingerprint density at radius 1 is 1.25 bits per heavy atom. The third-order valence-electron chi connectivity index (χ3n) is 2.66. The molecule has 6 heteroatoms. The van der Waals surface area contributed by atoms with Gasteiger partial charge < -0.3 is 5.73 Å². The molecule has 0 amide bonds. The van der Waals surface area contributed by atoms with Crippen molar-refractivity contribution < 1.29 is 4.39 Å². The average molecular weight is 356 g/mol. The van der Waals surface area contributed by atoms with Crippen LogP contribution in [0.2, 0.25) is 0 Å². The Bertz CT molecular complexity index is 590. The summed E-state index contributed by atoms with van der Waals surface area (Å²) in [4.78, 5) is 9.78. The summed E-state index contributed by atoms with van der Waals surface area (Å²) >= 11 is 4.98. The second-order valence-corrected chi connectivity index (χ2v) is 6.12. The van der Waals surface area contributed by atoms with Crippen LogP contribution >= 0.6 is 27.7 Å². The predicted octanol–water partition coefficient (Wildman–Crippen LogP) is 4.21. The molecule has 3 nitrogen and oxygen atoms in total. The minimum atomic E-state index is -0.233. The molecule has 0 bridgehead atoms. The van der Waals surface area contributed by atoms with Gasteiger partial charge in [-0.3, -0.25) is 0 Å². The first-order valence-electron chi connectivity index (χ1n) is 6.29. The van der Waals surface area contributed by atoms with Crippen molar-refractivity contribution in [2.75, 3.05) is 5.73 Å². The Morgan fingerprint density at radius 3 is 2.60 bits per heavy atom. The van der Waals surface area contributed by atoms with Crippen molar-refractivity contribution in [1.29, 1.82) is 0 Å². The van der Waals surface area contributed by atoms with Crippen LogP contribution in [0.25, 0.3) is 0 Å². The largest absolute Gasteiger partial charge is 0.383 e. The lowest BCUT2D eigenvalue weighted by molar-refractivity contribution is 0.626. The highest BCUT2D eigenvalue weighted by Gasteiger charge is 2.09. The summed E-state index contributed by atoms with van der Waals surface area (Å²) in [6, 6.07) is 6.38. The number of halogens is 2. The zero-order valence-electron chi connectivity index (χ0n) is 11.1. The molecule has 1 aromatic heterocycles. The molecule has 2 rings (SSSR count). The van der Waals surface area contributed by atoms with E-state index in [1.807, 2.05) is 0 Å². The van der Waals surface area contributed by atoms with E-state index < -0.39 is 0 Å². The predicted molar refractivity (Wildman–Crippen MR) is 84.1 cm³/mol. The van der Waals surface area contributed by atoms with E-state index in [1.54, 1.807) is 23.9 Å². The topological polar surface area (TPSA) is 51.8 Å². The van der Waals surface area contributed by atoms with Gasteiger partial charge in [-0.2, -0.15) is 0 Å². The molecule has 106 valence electrons. The lowest BCUT2D eigenvalue weighted by atomic mass is 10.2. The summed E-state index contributed by atoms with van der Waals surface area (Å²) in [5.41, 5.74) is 6.82. The maximum atomic E-state index is 12.8. The molecular formula is C14H15BrFN3S. The maximum Gasteiger partial charge on any atom is 0.141 e. The minimum Gasteiger partial charge on any atom is -0.383 e. The molecule has 0 aliphatic rings. The van der Waals surface area contributed by atoms with Crippen molar-refractivity contribution in [2.24, 2.45) is 0 Å². The van der Waals surface area contributed by atoms with Gasteiger partial charge in [0.15, 0.2) is 0 Å². The molecule has 20 heavy (non-hydrogen) atoms. The molecule has 1 aromatic carbocycles. The summed E-state index contributed by atoms with van der Waals surface area (Å²) < 4.78 is 13.6. The van der Waals surface area contributed by atoms with Crippen molar-refractivity contribution in [1.82, 2.24) is 9.97 Å². The van der Waals surface area contributed by atoms with Gasteiger partial charge in [0.05, 0.1) is 15.9 Å². The van der Waals surface area contributed by atoms with Crippen LogP contribution in [0, 0.1) is 5.82 Å². The van der Waals surface area contributed by atoms with E-state index >= 15 is 0 Å². The number of hydrogen-bond donors (Lipinski definition) is 1. The molecule has 0 spiro atoms. The summed E-state index contributed by atoms with van der Waals surface area (Å²) in [6.07, 6.45) is 1.86. The van der Waals surface area contributed by atoms with Crippen LogP contribution in [0.5, 0.6) is 0 Å². The molecule has 2 aromatic rings. The number of nitrogens with two attached hydrogens (primary N) is 1. The molecule has 0 aliphatic carbocycles. The summed E-state index contributed by atoms with van der Waals surface area (Å²) in [7, 11) is 0. The smallest absolute Gasteiger partial charge is 0.141 e. The van der Waals surface area contributed by atoms with Gasteiger partial charge in [0.2, 0.25) is 0 Å². The van der Waals surface area contributed by atoms with Crippen LogP contribution in [0.3, 0.4) is 0 Å². The van der Waals surface area contributed by atoms with Gasteiger partial charge in [0.25, 0.3) is 0 Å². The molecule has 0 fully saturated rings. The van der Waals surface area contributed by atoms with E-state index in [0.29, 0.717) is 17.4 Å². The zero-order chi connectivity index (χ0) is 14.5. The molecular weight excluding hydrogens is 341 g/mol. The second-order valence-electron chi connectivity index (χ2n) is 4.28. The van der Waals surface area contributed by atoms with Gasteiger partial charge in [0.1, 0.15) is 17.5 Å². The number of rotatable bonds is 5. The fraction of sp³-hybridized carbons (Fsp3) is 0.286. The zero-order valence-corrected chi connectivity index (χ0v) is 13.5. The molecule has 0 atom stereocenters. The average Bonchev–Trinajstić information content (AvgIpc) is 2.44. The normalized spacial score (nSPS) is 10.8. The fourth-order valence-electron chi connectivity index (χ4n) is 1.71. The molecule has 0 radical (unpaired) electrons. The van der Waals surface area contributed by atoms with Crippen LogP contribution in [-0.4, -0.2) is 9.97 Å². The van der Waals surface area contributed by atoms with Crippen molar-refractivity contribution in [3.05, 3.63) is 46.1 Å². The molecule has 0 unspecified atom stereocenters. The van der Waals surface area contributed by atoms with Crippen molar-refractivity contribution in [2.45, 2.75) is 30.4 Å². The Kier molecular flexibility index (Phi) is 5.37. The van der Waals surface area contributed by atoms with Crippen LogP contribution in [0.15, 0.2) is 33.6 Å². The summed E-state index contributed by atoms with van der Waals surface area (Å²) in [5, 5.41) is 0. The SMILES string of the molecule is CCCc1nc(CSc2ccc(F)cc2)nc(N)c1Br. The maximum absolute atomic E-state index is 12.8. The Morgan fingerprint density at radius 2 is 1.95 bits per heavy atom. The first-order chi connectivity index (χ1) is 9.60. The van der Waals surface area contributed by atoms with E-state index in [9.17, 15) is 4.39 Å². The standard InChI is InChI=1S/C14H15BrFN3S/c1-2-3-11-13(15)14(17)19-12(18-11)8-20-10-6-4-9(16)5-7-10/h4-7H,2-3,8H2,1H3,(H2,17,18,19).